The van der Waals surface area contributed by atoms with Crippen LogP contribution >= 0.6 is 0 Å². The van der Waals surface area contributed by atoms with Crippen molar-refractivity contribution in [3.63, 3.8) is 0 Å². The summed E-state index contributed by atoms with van der Waals surface area (Å²) in [6, 6.07) is 0. The zero-order valence-electron chi connectivity index (χ0n) is 13.3. The molecule has 3 saturated carbocycles. The van der Waals surface area contributed by atoms with Crippen molar-refractivity contribution in [3.05, 3.63) is 11.6 Å². The van der Waals surface area contributed by atoms with Gasteiger partial charge < -0.3 is 5.11 Å². The first-order chi connectivity index (χ1) is 10.0. The smallest absolute Gasteiger partial charge is 0.158 e. The van der Waals surface area contributed by atoms with Crippen LogP contribution in [0.15, 0.2) is 11.6 Å². The fourth-order valence-corrected chi connectivity index (χ4v) is 6.33. The maximum Gasteiger partial charge on any atom is 0.158 e. The topological polar surface area (TPSA) is 37.3 Å². The molecular weight excluding hydrogens is 260 g/mol. The number of rotatable bonds is 0. The molecule has 0 aromatic heterocycles. The normalized spacial score (nSPS) is 52.7. The molecule has 7 atom stereocenters. The first kappa shape index (κ1) is 14.0. The largest absolute Gasteiger partial charge is 0.393 e. The van der Waals surface area contributed by atoms with Crippen molar-refractivity contribution in [2.24, 2.45) is 35.0 Å². The molecule has 4 aliphatic carbocycles. The van der Waals surface area contributed by atoms with Gasteiger partial charge in [-0.2, -0.15) is 0 Å². The van der Waals surface area contributed by atoms with Gasteiger partial charge in [-0.15, -0.1) is 0 Å². The van der Waals surface area contributed by atoms with Crippen LogP contribution in [0.1, 0.15) is 58.8 Å². The summed E-state index contributed by atoms with van der Waals surface area (Å²) in [6.45, 7) is 4.44. The molecule has 4 rings (SSSR count). The molecule has 0 heterocycles. The van der Waals surface area contributed by atoms with Crippen LogP contribution in [-0.2, 0) is 4.79 Å². The third-order valence-electron chi connectivity index (χ3n) is 7.62. The van der Waals surface area contributed by atoms with Crippen molar-refractivity contribution in [3.8, 4) is 0 Å². The Morgan fingerprint density at radius 1 is 1.19 bits per heavy atom. The lowest BCUT2D eigenvalue weighted by molar-refractivity contribution is -0.119. The van der Waals surface area contributed by atoms with Gasteiger partial charge in [-0.25, -0.2) is 0 Å². The van der Waals surface area contributed by atoms with E-state index in [0.29, 0.717) is 11.7 Å². The average Bonchev–Trinajstić information content (AvgIpc) is 2.76. The Labute approximate surface area is 128 Å². The van der Waals surface area contributed by atoms with Gasteiger partial charge >= 0.3 is 0 Å². The Balaban J connectivity index is 1.63. The molecule has 0 unspecified atom stereocenters. The van der Waals surface area contributed by atoms with Gasteiger partial charge in [-0.3, -0.25) is 4.79 Å². The van der Waals surface area contributed by atoms with E-state index in [-0.39, 0.29) is 17.4 Å². The number of allylic oxidation sites excluding steroid dienone is 1. The molecule has 116 valence electrons. The maximum atomic E-state index is 12.0. The van der Waals surface area contributed by atoms with Gasteiger partial charge in [0.1, 0.15) is 0 Å². The molecule has 0 aliphatic heterocycles. The van der Waals surface area contributed by atoms with Gasteiger partial charge in [-0.1, -0.05) is 19.4 Å². The Hall–Kier alpha value is -0.630. The van der Waals surface area contributed by atoms with E-state index in [0.717, 1.165) is 37.0 Å². The van der Waals surface area contributed by atoms with E-state index in [9.17, 15) is 9.90 Å². The average molecular weight is 288 g/mol. The number of ketones is 1. The molecule has 2 heteroatoms. The predicted molar refractivity (Wildman–Crippen MR) is 82.6 cm³/mol. The highest BCUT2D eigenvalue weighted by atomic mass is 16.3. The molecule has 0 amide bonds. The molecule has 1 N–H and O–H groups in total. The number of aliphatic hydroxyl groups is 1. The molecule has 0 radical (unpaired) electrons. The van der Waals surface area contributed by atoms with Gasteiger partial charge in [-0.05, 0) is 80.1 Å². The minimum Gasteiger partial charge on any atom is -0.393 e. The maximum absolute atomic E-state index is 12.0. The van der Waals surface area contributed by atoms with Crippen LogP contribution in [-0.4, -0.2) is 17.0 Å². The summed E-state index contributed by atoms with van der Waals surface area (Å²) < 4.78 is 0. The van der Waals surface area contributed by atoms with Gasteiger partial charge in [0.05, 0.1) is 6.10 Å². The number of fused-ring (bicyclic) bond motifs is 5. The van der Waals surface area contributed by atoms with E-state index < -0.39 is 0 Å². The lowest BCUT2D eigenvalue weighted by Crippen LogP contribution is -2.48. The van der Waals surface area contributed by atoms with E-state index in [1.165, 1.54) is 31.3 Å². The summed E-state index contributed by atoms with van der Waals surface area (Å²) in [5.74, 6) is 3.54. The summed E-state index contributed by atoms with van der Waals surface area (Å²) in [5, 5.41) is 10.4. The van der Waals surface area contributed by atoms with Crippen molar-refractivity contribution in [2.75, 3.05) is 0 Å². The number of carbonyl (C=O) groups excluding carboxylic acids is 1. The van der Waals surface area contributed by atoms with Crippen molar-refractivity contribution >= 4 is 5.78 Å². The highest BCUT2D eigenvalue weighted by Gasteiger charge is 2.56. The fourth-order valence-electron chi connectivity index (χ4n) is 6.33. The molecule has 2 nitrogen and oxygen atoms in total. The van der Waals surface area contributed by atoms with Crippen LogP contribution in [0, 0.1) is 35.0 Å². The molecular formula is C19H28O2. The molecule has 3 fully saturated rings. The molecule has 21 heavy (non-hydrogen) atoms. The minimum atomic E-state index is -0.0766. The third-order valence-corrected chi connectivity index (χ3v) is 7.62. The zero-order chi connectivity index (χ0) is 14.8. The Kier molecular flexibility index (Phi) is 3.12. The third kappa shape index (κ3) is 1.91. The summed E-state index contributed by atoms with van der Waals surface area (Å²) in [4.78, 5) is 12.0. The van der Waals surface area contributed by atoms with E-state index in [2.05, 4.69) is 13.8 Å². The summed E-state index contributed by atoms with van der Waals surface area (Å²) >= 11 is 0. The summed E-state index contributed by atoms with van der Waals surface area (Å²) in [6.07, 6.45) is 10.1. The Morgan fingerprint density at radius 2 is 2.00 bits per heavy atom. The van der Waals surface area contributed by atoms with Crippen molar-refractivity contribution in [2.45, 2.75) is 64.9 Å². The number of aliphatic hydroxyl groups excluding tert-OH is 1. The quantitative estimate of drug-likeness (QED) is 0.737. The van der Waals surface area contributed by atoms with Crippen LogP contribution in [0.4, 0.5) is 0 Å². The van der Waals surface area contributed by atoms with Crippen LogP contribution in [0.3, 0.4) is 0 Å². The van der Waals surface area contributed by atoms with Crippen LogP contribution in [0.2, 0.25) is 0 Å². The van der Waals surface area contributed by atoms with Gasteiger partial charge in [0.2, 0.25) is 0 Å². The second kappa shape index (κ2) is 4.68. The number of carbonyl (C=O) groups is 1. The molecule has 0 bridgehead atoms. The molecule has 4 aliphatic rings. The van der Waals surface area contributed by atoms with E-state index in [1.807, 2.05) is 6.08 Å². The van der Waals surface area contributed by atoms with Gasteiger partial charge in [0.25, 0.3) is 0 Å². The van der Waals surface area contributed by atoms with E-state index in [1.54, 1.807) is 0 Å². The first-order valence-corrected chi connectivity index (χ1v) is 8.93. The van der Waals surface area contributed by atoms with Crippen LogP contribution in [0.25, 0.3) is 0 Å². The van der Waals surface area contributed by atoms with Crippen molar-refractivity contribution < 1.29 is 9.90 Å². The number of hydrogen-bond donors (Lipinski definition) is 1. The molecule has 0 saturated heterocycles. The minimum absolute atomic E-state index is 0.0766. The Bertz CT molecular complexity index is 494. The predicted octanol–water partition coefficient (Wildman–Crippen LogP) is 3.74. The van der Waals surface area contributed by atoms with E-state index in [4.69, 9.17) is 0 Å². The van der Waals surface area contributed by atoms with E-state index >= 15 is 0 Å². The van der Waals surface area contributed by atoms with Crippen LogP contribution < -0.4 is 0 Å². The zero-order valence-corrected chi connectivity index (χ0v) is 13.3. The second-order valence-corrected chi connectivity index (χ2v) is 8.48. The van der Waals surface area contributed by atoms with Gasteiger partial charge in [0, 0.05) is 5.92 Å². The monoisotopic (exact) mass is 288 g/mol. The second-order valence-electron chi connectivity index (χ2n) is 8.48. The SMILES string of the molecule is C[C@@H]1C[C@H]2C(=CC1=O)CC[C@@H]1[C@@H]2CC[C@]2(C)[C@@H](O)CC[C@@H]12. The first-order valence-electron chi connectivity index (χ1n) is 8.93. The highest BCUT2D eigenvalue weighted by Crippen LogP contribution is 2.61. The fraction of sp³-hybridized carbons (Fsp3) is 0.842. The van der Waals surface area contributed by atoms with Crippen molar-refractivity contribution in [1.29, 1.82) is 0 Å². The van der Waals surface area contributed by atoms with Crippen LogP contribution in [0.5, 0.6) is 0 Å². The number of hydrogen-bond acceptors (Lipinski definition) is 2. The van der Waals surface area contributed by atoms with Crippen molar-refractivity contribution in [1.82, 2.24) is 0 Å². The molecule has 0 aromatic carbocycles. The summed E-state index contributed by atoms with van der Waals surface area (Å²) in [7, 11) is 0. The lowest BCUT2D eigenvalue weighted by Gasteiger charge is -2.53. The highest BCUT2D eigenvalue weighted by molar-refractivity contribution is 5.93. The molecule has 0 spiro atoms. The lowest BCUT2D eigenvalue weighted by atomic mass is 9.51. The Morgan fingerprint density at radius 3 is 2.81 bits per heavy atom. The standard InChI is InChI=1S/C19H28O2/c1-11-9-15-12(10-17(11)20)3-4-14-13(15)7-8-19(2)16(14)5-6-18(19)21/h10-11,13-16,18,21H,3-9H2,1-2H3/t11-,13+,14-,15+,16+,18+,19+/m1/s1. The van der Waals surface area contributed by atoms with Gasteiger partial charge in [0.15, 0.2) is 5.78 Å². The molecule has 0 aromatic rings. The summed E-state index contributed by atoms with van der Waals surface area (Å²) in [5.41, 5.74) is 1.64.